The Balaban J connectivity index is 2.06. The quantitative estimate of drug-likeness (QED) is 0.806. The Morgan fingerprint density at radius 2 is 1.81 bits per heavy atom. The van der Waals surface area contributed by atoms with Gasteiger partial charge in [-0.2, -0.15) is 0 Å². The van der Waals surface area contributed by atoms with Gasteiger partial charge in [0.25, 0.3) is 0 Å². The van der Waals surface area contributed by atoms with E-state index in [2.05, 4.69) is 21.2 Å². The predicted octanol–water partition coefficient (Wildman–Crippen LogP) is 3.93. The number of benzene rings is 1. The Morgan fingerprint density at radius 3 is 2.33 bits per heavy atom. The van der Waals surface area contributed by atoms with Crippen LogP contribution in [0.3, 0.4) is 0 Å². The van der Waals surface area contributed by atoms with Crippen LogP contribution in [-0.4, -0.2) is 12.5 Å². The van der Waals surface area contributed by atoms with Gasteiger partial charge in [-0.1, -0.05) is 53.7 Å². The highest BCUT2D eigenvalue weighted by Crippen LogP contribution is 2.35. The maximum absolute atomic E-state index is 12.8. The molecule has 0 bridgehead atoms. The molecule has 1 aromatic carbocycles. The van der Waals surface area contributed by atoms with Gasteiger partial charge in [0, 0.05) is 11.0 Å². The Labute approximate surface area is 135 Å². The average molecular weight is 353 g/mol. The lowest BCUT2D eigenvalue weighted by atomic mass is 9.79. The third-order valence-corrected chi connectivity index (χ3v) is 5.18. The second-order valence-electron chi connectivity index (χ2n) is 6.15. The van der Waals surface area contributed by atoms with E-state index in [-0.39, 0.29) is 17.4 Å². The average Bonchev–Trinajstić information content (AvgIpc) is 2.74. The van der Waals surface area contributed by atoms with Crippen LogP contribution in [0.2, 0.25) is 0 Å². The van der Waals surface area contributed by atoms with Gasteiger partial charge in [-0.15, -0.1) is 0 Å². The van der Waals surface area contributed by atoms with Crippen LogP contribution < -0.4 is 11.1 Å². The second kappa shape index (κ2) is 7.41. The minimum atomic E-state index is -0.361. The van der Waals surface area contributed by atoms with Crippen molar-refractivity contribution in [2.24, 2.45) is 11.1 Å². The lowest BCUT2D eigenvalue weighted by molar-refractivity contribution is -0.132. The molecule has 0 aromatic heterocycles. The first-order valence-electron chi connectivity index (χ1n) is 7.84. The number of halogens is 1. The number of carbonyl (C=O) groups is 1. The number of hydrogen-bond acceptors (Lipinski definition) is 2. The molecular formula is C17H25BrN2O. The minimum absolute atomic E-state index is 0.0114. The van der Waals surface area contributed by atoms with Crippen molar-refractivity contribution in [3.8, 4) is 0 Å². The Bertz CT molecular complexity index is 464. The molecule has 0 heterocycles. The van der Waals surface area contributed by atoms with Crippen LogP contribution in [0.1, 0.15) is 57.1 Å². The summed E-state index contributed by atoms with van der Waals surface area (Å²) in [6.45, 7) is 2.48. The molecule has 0 saturated heterocycles. The SMILES string of the molecule is C[C@H](NC(=O)C1(CN)CCCCCC1)c1ccc(Br)cc1. The van der Waals surface area contributed by atoms with Crippen molar-refractivity contribution in [3.63, 3.8) is 0 Å². The molecule has 3 nitrogen and oxygen atoms in total. The molecule has 1 fully saturated rings. The highest BCUT2D eigenvalue weighted by Gasteiger charge is 2.37. The first-order valence-corrected chi connectivity index (χ1v) is 8.63. The molecule has 1 saturated carbocycles. The number of amides is 1. The van der Waals surface area contributed by atoms with Gasteiger partial charge in [-0.25, -0.2) is 0 Å². The van der Waals surface area contributed by atoms with Gasteiger partial charge >= 0.3 is 0 Å². The van der Waals surface area contributed by atoms with Gasteiger partial charge in [0.2, 0.25) is 5.91 Å². The summed E-state index contributed by atoms with van der Waals surface area (Å²) in [6.07, 6.45) is 6.49. The lowest BCUT2D eigenvalue weighted by Gasteiger charge is -2.31. The first-order chi connectivity index (χ1) is 10.1. The van der Waals surface area contributed by atoms with Gasteiger partial charge in [0.15, 0.2) is 0 Å². The summed E-state index contributed by atoms with van der Waals surface area (Å²) >= 11 is 3.43. The fourth-order valence-corrected chi connectivity index (χ4v) is 3.38. The summed E-state index contributed by atoms with van der Waals surface area (Å²) in [7, 11) is 0. The van der Waals surface area contributed by atoms with E-state index in [1.165, 1.54) is 12.8 Å². The highest BCUT2D eigenvalue weighted by molar-refractivity contribution is 9.10. The number of nitrogens with one attached hydrogen (secondary N) is 1. The van der Waals surface area contributed by atoms with Crippen LogP contribution in [0.4, 0.5) is 0 Å². The smallest absolute Gasteiger partial charge is 0.227 e. The zero-order chi connectivity index (χ0) is 15.3. The van der Waals surface area contributed by atoms with E-state index in [1.807, 2.05) is 31.2 Å². The maximum atomic E-state index is 12.8. The van der Waals surface area contributed by atoms with E-state index in [9.17, 15) is 4.79 Å². The molecule has 1 aromatic rings. The second-order valence-corrected chi connectivity index (χ2v) is 7.06. The monoisotopic (exact) mass is 352 g/mol. The summed E-state index contributed by atoms with van der Waals surface area (Å²) < 4.78 is 1.05. The van der Waals surface area contributed by atoms with Crippen molar-refractivity contribution in [3.05, 3.63) is 34.3 Å². The molecule has 0 aliphatic heterocycles. The molecule has 1 aliphatic carbocycles. The highest BCUT2D eigenvalue weighted by atomic mass is 79.9. The molecule has 0 spiro atoms. The Morgan fingerprint density at radius 1 is 1.24 bits per heavy atom. The number of rotatable bonds is 4. The fourth-order valence-electron chi connectivity index (χ4n) is 3.11. The third kappa shape index (κ3) is 4.07. The summed E-state index contributed by atoms with van der Waals surface area (Å²) in [4.78, 5) is 12.8. The summed E-state index contributed by atoms with van der Waals surface area (Å²) in [5.74, 6) is 0.127. The normalized spacial score (nSPS) is 19.6. The number of nitrogens with two attached hydrogens (primary N) is 1. The maximum Gasteiger partial charge on any atom is 0.227 e. The molecule has 116 valence electrons. The van der Waals surface area contributed by atoms with Crippen molar-refractivity contribution in [1.29, 1.82) is 0 Å². The van der Waals surface area contributed by atoms with Crippen LogP contribution in [0.5, 0.6) is 0 Å². The number of carbonyl (C=O) groups excluding carboxylic acids is 1. The van der Waals surface area contributed by atoms with Gasteiger partial charge in [0.1, 0.15) is 0 Å². The molecule has 0 unspecified atom stereocenters. The van der Waals surface area contributed by atoms with E-state index in [0.717, 1.165) is 35.7 Å². The van der Waals surface area contributed by atoms with Crippen LogP contribution >= 0.6 is 15.9 Å². The van der Waals surface area contributed by atoms with Crippen LogP contribution in [0, 0.1) is 5.41 Å². The summed E-state index contributed by atoms with van der Waals surface area (Å²) in [5, 5.41) is 3.17. The molecule has 3 N–H and O–H groups in total. The first kappa shape index (κ1) is 16.5. The van der Waals surface area contributed by atoms with Crippen molar-refractivity contribution >= 4 is 21.8 Å². The van der Waals surface area contributed by atoms with E-state index >= 15 is 0 Å². The van der Waals surface area contributed by atoms with E-state index < -0.39 is 0 Å². The van der Waals surface area contributed by atoms with Crippen molar-refractivity contribution in [2.45, 2.75) is 51.5 Å². The van der Waals surface area contributed by atoms with Crippen molar-refractivity contribution in [2.75, 3.05) is 6.54 Å². The standard InChI is InChI=1S/C17H25BrN2O/c1-13(14-6-8-15(18)9-7-14)20-16(21)17(12-19)10-4-2-3-5-11-17/h6-9,13H,2-5,10-12,19H2,1H3,(H,20,21)/t13-/m0/s1. The third-order valence-electron chi connectivity index (χ3n) is 4.65. The van der Waals surface area contributed by atoms with Crippen molar-refractivity contribution in [1.82, 2.24) is 5.32 Å². The van der Waals surface area contributed by atoms with Gasteiger partial charge in [-0.3, -0.25) is 4.79 Å². The summed E-state index contributed by atoms with van der Waals surface area (Å²) in [6, 6.07) is 8.09. The zero-order valence-electron chi connectivity index (χ0n) is 12.7. The molecule has 2 rings (SSSR count). The van der Waals surface area contributed by atoms with Gasteiger partial charge in [-0.05, 0) is 37.5 Å². The largest absolute Gasteiger partial charge is 0.349 e. The van der Waals surface area contributed by atoms with Gasteiger partial charge < -0.3 is 11.1 Å². The summed E-state index contributed by atoms with van der Waals surface area (Å²) in [5.41, 5.74) is 6.73. The van der Waals surface area contributed by atoms with Crippen molar-refractivity contribution < 1.29 is 4.79 Å². The number of hydrogen-bond donors (Lipinski definition) is 2. The molecule has 4 heteroatoms. The molecule has 0 radical (unpaired) electrons. The van der Waals surface area contributed by atoms with Crippen LogP contribution in [-0.2, 0) is 4.79 Å². The molecule has 1 atom stereocenters. The topological polar surface area (TPSA) is 55.1 Å². The fraction of sp³-hybridized carbons (Fsp3) is 0.588. The zero-order valence-corrected chi connectivity index (χ0v) is 14.3. The Hall–Kier alpha value is -0.870. The molecule has 1 amide bonds. The molecular weight excluding hydrogens is 328 g/mol. The minimum Gasteiger partial charge on any atom is -0.349 e. The van der Waals surface area contributed by atoms with E-state index in [4.69, 9.17) is 5.73 Å². The molecule has 1 aliphatic rings. The van der Waals surface area contributed by atoms with Gasteiger partial charge in [0.05, 0.1) is 11.5 Å². The lowest BCUT2D eigenvalue weighted by Crippen LogP contribution is -2.46. The molecule has 21 heavy (non-hydrogen) atoms. The predicted molar refractivity (Wildman–Crippen MR) is 89.9 cm³/mol. The van der Waals surface area contributed by atoms with Crippen LogP contribution in [0.15, 0.2) is 28.7 Å². The van der Waals surface area contributed by atoms with E-state index in [1.54, 1.807) is 0 Å². The van der Waals surface area contributed by atoms with E-state index in [0.29, 0.717) is 6.54 Å². The Kier molecular flexibility index (Phi) is 5.82. The van der Waals surface area contributed by atoms with Crippen LogP contribution in [0.25, 0.3) is 0 Å².